The molecule has 2 N–H and O–H groups in total. The van der Waals surface area contributed by atoms with Crippen molar-refractivity contribution in [3.05, 3.63) is 11.6 Å². The average Bonchev–Trinajstić information content (AvgIpc) is 2.52. The molecule has 3 aliphatic carbocycles. The zero-order valence-corrected chi connectivity index (χ0v) is 14.3. The number of piperidine rings is 1. The van der Waals surface area contributed by atoms with Crippen LogP contribution in [0.1, 0.15) is 65.2 Å². The topological polar surface area (TPSA) is 61.7 Å². The van der Waals surface area contributed by atoms with Crippen LogP contribution in [-0.4, -0.2) is 22.4 Å². The van der Waals surface area contributed by atoms with E-state index < -0.39 is 0 Å². The normalized spacial score (nSPS) is 47.9. The molecule has 126 valence electrons. The van der Waals surface area contributed by atoms with Crippen LogP contribution in [0.5, 0.6) is 0 Å². The van der Waals surface area contributed by atoms with Gasteiger partial charge in [0.15, 0.2) is 0 Å². The Kier molecular flexibility index (Phi) is 3.37. The number of nitrogens with one attached hydrogen (secondary N) is 1. The van der Waals surface area contributed by atoms with E-state index in [0.717, 1.165) is 49.7 Å². The summed E-state index contributed by atoms with van der Waals surface area (Å²) in [7, 11) is 0. The highest BCUT2D eigenvalue weighted by Gasteiger charge is 2.56. The maximum Gasteiger partial charge on any atom is 0.220 e. The quantitative estimate of drug-likeness (QED) is 0.529. The van der Waals surface area contributed by atoms with Crippen LogP contribution in [-0.2, 0) is 4.79 Å². The molecule has 4 rings (SSSR count). The first kappa shape index (κ1) is 15.2. The largest absolute Gasteiger partial charge is 0.411 e. The third-order valence-electron chi connectivity index (χ3n) is 7.60. The summed E-state index contributed by atoms with van der Waals surface area (Å²) in [5.41, 5.74) is 2.63. The number of hydrogen-bond donors (Lipinski definition) is 2. The molecule has 23 heavy (non-hydrogen) atoms. The Morgan fingerprint density at radius 2 is 1.96 bits per heavy atom. The van der Waals surface area contributed by atoms with Crippen molar-refractivity contribution in [3.63, 3.8) is 0 Å². The minimum absolute atomic E-state index is 0.0143. The molecule has 0 aromatic heterocycles. The van der Waals surface area contributed by atoms with Gasteiger partial charge in [0.05, 0.1) is 5.71 Å². The molecule has 0 unspecified atom stereocenters. The second-order valence-corrected chi connectivity index (χ2v) is 8.64. The van der Waals surface area contributed by atoms with Crippen LogP contribution in [0.25, 0.3) is 0 Å². The van der Waals surface area contributed by atoms with Gasteiger partial charge >= 0.3 is 0 Å². The molecule has 0 radical (unpaired) electrons. The molecule has 4 aliphatic rings. The number of allylic oxidation sites excluding steroid dienone is 2. The van der Waals surface area contributed by atoms with Gasteiger partial charge in [-0.1, -0.05) is 17.7 Å². The molecule has 5 atom stereocenters. The Morgan fingerprint density at radius 1 is 1.13 bits per heavy atom. The summed E-state index contributed by atoms with van der Waals surface area (Å²) < 4.78 is 0. The maximum absolute atomic E-state index is 11.9. The first-order valence-electron chi connectivity index (χ1n) is 9.19. The van der Waals surface area contributed by atoms with Crippen LogP contribution in [0.2, 0.25) is 0 Å². The van der Waals surface area contributed by atoms with Crippen molar-refractivity contribution in [2.75, 3.05) is 0 Å². The van der Waals surface area contributed by atoms with Gasteiger partial charge in [-0.3, -0.25) is 4.79 Å². The summed E-state index contributed by atoms with van der Waals surface area (Å²) in [5, 5.41) is 15.9. The zero-order valence-electron chi connectivity index (χ0n) is 14.3. The van der Waals surface area contributed by atoms with Crippen LogP contribution in [0, 0.1) is 23.2 Å². The minimum atomic E-state index is 0.0143. The molecule has 1 aliphatic heterocycles. The van der Waals surface area contributed by atoms with Crippen molar-refractivity contribution >= 4 is 11.6 Å². The molecule has 1 amide bonds. The van der Waals surface area contributed by atoms with E-state index in [-0.39, 0.29) is 16.9 Å². The number of fused-ring (bicyclic) bond motifs is 5. The molecule has 0 aromatic carbocycles. The van der Waals surface area contributed by atoms with Crippen molar-refractivity contribution in [1.29, 1.82) is 0 Å². The van der Waals surface area contributed by atoms with Crippen molar-refractivity contribution < 1.29 is 10.0 Å². The van der Waals surface area contributed by atoms with Crippen molar-refractivity contribution in [2.24, 2.45) is 28.3 Å². The van der Waals surface area contributed by atoms with Crippen molar-refractivity contribution in [1.82, 2.24) is 5.32 Å². The highest BCUT2D eigenvalue weighted by Crippen LogP contribution is 2.60. The molecular weight excluding hydrogens is 288 g/mol. The monoisotopic (exact) mass is 316 g/mol. The molecule has 3 fully saturated rings. The van der Waals surface area contributed by atoms with Gasteiger partial charge in [-0.05, 0) is 81.1 Å². The minimum Gasteiger partial charge on any atom is -0.411 e. The second kappa shape index (κ2) is 5.09. The summed E-state index contributed by atoms with van der Waals surface area (Å²) in [5.74, 6) is 2.32. The number of hydrogen-bond acceptors (Lipinski definition) is 3. The highest BCUT2D eigenvalue weighted by molar-refractivity contribution is 5.96. The van der Waals surface area contributed by atoms with E-state index in [9.17, 15) is 4.79 Å². The summed E-state index contributed by atoms with van der Waals surface area (Å²) in [6, 6.07) is 0. The molecule has 2 saturated carbocycles. The van der Waals surface area contributed by atoms with Gasteiger partial charge < -0.3 is 10.5 Å². The second-order valence-electron chi connectivity index (χ2n) is 8.64. The van der Waals surface area contributed by atoms with Gasteiger partial charge in [0, 0.05) is 12.0 Å². The fraction of sp³-hybridized carbons (Fsp3) is 0.789. The van der Waals surface area contributed by atoms with Crippen LogP contribution in [0.15, 0.2) is 16.8 Å². The van der Waals surface area contributed by atoms with Crippen LogP contribution >= 0.6 is 0 Å². The molecule has 0 aromatic rings. The standard InChI is InChI=1S/C19H28N2O2/c1-18-9-7-13(21-23)11-12(18)3-4-14-15(18)8-10-19(2)16(14)5-6-17(22)20-19/h11,14-16,23H,3-10H2,1-2H3,(H,20,22)/b21-13+/t14-,15+,16+,18+,19+/m1/s1. The van der Waals surface area contributed by atoms with E-state index in [0.29, 0.717) is 12.3 Å². The Labute approximate surface area is 138 Å². The lowest BCUT2D eigenvalue weighted by Gasteiger charge is -2.60. The van der Waals surface area contributed by atoms with E-state index in [1.54, 1.807) is 0 Å². The fourth-order valence-corrected chi connectivity index (χ4v) is 6.33. The van der Waals surface area contributed by atoms with Gasteiger partial charge in [0.25, 0.3) is 0 Å². The Hall–Kier alpha value is -1.32. The summed E-state index contributed by atoms with van der Waals surface area (Å²) in [4.78, 5) is 11.9. The molecular formula is C19H28N2O2. The van der Waals surface area contributed by atoms with E-state index in [4.69, 9.17) is 5.21 Å². The lowest BCUT2D eigenvalue weighted by atomic mass is 9.47. The predicted octanol–water partition coefficient (Wildman–Crippen LogP) is 3.65. The number of amides is 1. The van der Waals surface area contributed by atoms with Crippen molar-refractivity contribution in [3.8, 4) is 0 Å². The smallest absolute Gasteiger partial charge is 0.220 e. The number of carbonyl (C=O) groups is 1. The third-order valence-corrected chi connectivity index (χ3v) is 7.60. The van der Waals surface area contributed by atoms with Gasteiger partial charge in [-0.25, -0.2) is 0 Å². The van der Waals surface area contributed by atoms with E-state index in [2.05, 4.69) is 30.4 Å². The fourth-order valence-electron chi connectivity index (χ4n) is 6.33. The molecule has 0 spiro atoms. The molecule has 1 saturated heterocycles. The molecule has 0 bridgehead atoms. The molecule has 4 nitrogen and oxygen atoms in total. The molecule has 1 heterocycles. The van der Waals surface area contributed by atoms with E-state index in [1.807, 2.05) is 0 Å². The van der Waals surface area contributed by atoms with Gasteiger partial charge in [0.2, 0.25) is 5.91 Å². The first-order chi connectivity index (χ1) is 11.0. The Balaban J connectivity index is 1.66. The van der Waals surface area contributed by atoms with Gasteiger partial charge in [0.1, 0.15) is 0 Å². The average molecular weight is 316 g/mol. The van der Waals surface area contributed by atoms with E-state index in [1.165, 1.54) is 18.4 Å². The summed E-state index contributed by atoms with van der Waals surface area (Å²) in [6.45, 7) is 4.71. The zero-order chi connectivity index (χ0) is 16.2. The highest BCUT2D eigenvalue weighted by atomic mass is 16.4. The Bertz CT molecular complexity index is 596. The van der Waals surface area contributed by atoms with Crippen LogP contribution in [0.4, 0.5) is 0 Å². The predicted molar refractivity (Wildman–Crippen MR) is 89.4 cm³/mol. The number of nitrogens with zero attached hydrogens (tertiary/aromatic N) is 1. The van der Waals surface area contributed by atoms with E-state index >= 15 is 0 Å². The summed E-state index contributed by atoms with van der Waals surface area (Å²) >= 11 is 0. The van der Waals surface area contributed by atoms with Crippen LogP contribution < -0.4 is 5.32 Å². The number of carbonyl (C=O) groups excluding carboxylic acids is 1. The van der Waals surface area contributed by atoms with Crippen LogP contribution in [0.3, 0.4) is 0 Å². The first-order valence-corrected chi connectivity index (χ1v) is 9.19. The third kappa shape index (κ3) is 2.17. The van der Waals surface area contributed by atoms with Gasteiger partial charge in [-0.15, -0.1) is 0 Å². The number of oxime groups is 1. The Morgan fingerprint density at radius 3 is 2.74 bits per heavy atom. The summed E-state index contributed by atoms with van der Waals surface area (Å²) in [6.07, 6.45) is 10.6. The van der Waals surface area contributed by atoms with Crippen molar-refractivity contribution in [2.45, 2.75) is 70.8 Å². The number of rotatable bonds is 0. The van der Waals surface area contributed by atoms with Gasteiger partial charge in [-0.2, -0.15) is 0 Å². The molecule has 4 heteroatoms. The maximum atomic E-state index is 11.9. The lowest BCUT2D eigenvalue weighted by Crippen LogP contribution is -2.62. The lowest BCUT2D eigenvalue weighted by molar-refractivity contribution is -0.131. The SMILES string of the molecule is C[C@]12CC/C(=N\O)C=C1CC[C@@H]1[C@@H]2CC[C@]2(C)NC(=O)CC[C@@H]12.